The van der Waals surface area contributed by atoms with Crippen LogP contribution in [0.25, 0.3) is 0 Å². The van der Waals surface area contributed by atoms with Crippen LogP contribution in [-0.2, 0) is 5.75 Å². The molecule has 1 N–H and O–H groups in total. The van der Waals surface area contributed by atoms with Gasteiger partial charge >= 0.3 is 0 Å². The maximum Gasteiger partial charge on any atom is 0.0540 e. The zero-order chi connectivity index (χ0) is 14.4. The second-order valence-electron chi connectivity index (χ2n) is 4.63. The third-order valence-corrected chi connectivity index (χ3v) is 5.16. The molecule has 0 bridgehead atoms. The molecule has 1 aromatic carbocycles. The molecule has 2 rings (SSSR count). The molecule has 0 saturated carbocycles. The van der Waals surface area contributed by atoms with E-state index in [1.807, 2.05) is 11.8 Å². The molecule has 0 aliphatic rings. The van der Waals surface area contributed by atoms with Crippen molar-refractivity contribution in [2.24, 2.45) is 0 Å². The van der Waals surface area contributed by atoms with Gasteiger partial charge in [0.15, 0.2) is 0 Å². The molecule has 0 radical (unpaired) electrons. The van der Waals surface area contributed by atoms with Gasteiger partial charge < -0.3 is 5.11 Å². The lowest BCUT2D eigenvalue weighted by atomic mass is 10.2. The topological polar surface area (TPSA) is 20.2 Å². The van der Waals surface area contributed by atoms with Gasteiger partial charge in [-0.15, -0.1) is 23.1 Å². The zero-order valence-electron chi connectivity index (χ0n) is 11.8. The molecular formula is C17H18OS2. The number of thioether (sulfide) groups is 1. The van der Waals surface area contributed by atoms with Gasteiger partial charge in [0.05, 0.1) is 6.61 Å². The van der Waals surface area contributed by atoms with E-state index in [2.05, 4.69) is 55.3 Å². The molecule has 0 spiro atoms. The summed E-state index contributed by atoms with van der Waals surface area (Å²) < 4.78 is 0. The molecule has 1 heterocycles. The summed E-state index contributed by atoms with van der Waals surface area (Å²) in [7, 11) is 0. The zero-order valence-corrected chi connectivity index (χ0v) is 13.4. The van der Waals surface area contributed by atoms with E-state index in [9.17, 15) is 0 Å². The lowest BCUT2D eigenvalue weighted by Gasteiger charge is -2.05. The molecule has 0 atom stereocenters. The van der Waals surface area contributed by atoms with Crippen molar-refractivity contribution in [1.29, 1.82) is 0 Å². The summed E-state index contributed by atoms with van der Waals surface area (Å²) in [6.07, 6.45) is 0.544. The van der Waals surface area contributed by atoms with Gasteiger partial charge in [0.25, 0.3) is 0 Å². The van der Waals surface area contributed by atoms with Gasteiger partial charge in [-0.3, -0.25) is 0 Å². The molecule has 104 valence electrons. The van der Waals surface area contributed by atoms with Gasteiger partial charge in [-0.2, -0.15) is 0 Å². The average Bonchev–Trinajstić information content (AvgIpc) is 2.88. The molecule has 0 amide bonds. The number of aliphatic hydroxyl groups is 1. The minimum Gasteiger partial charge on any atom is -0.395 e. The van der Waals surface area contributed by atoms with E-state index in [4.69, 9.17) is 5.11 Å². The van der Waals surface area contributed by atoms with Crippen molar-refractivity contribution >= 4 is 23.1 Å². The SMILES string of the molecule is Cc1ccc(C)c(SCc2cc(C#CCCO)cs2)c1. The highest BCUT2D eigenvalue weighted by molar-refractivity contribution is 7.98. The number of hydrogen-bond acceptors (Lipinski definition) is 3. The van der Waals surface area contributed by atoms with Crippen LogP contribution in [0.2, 0.25) is 0 Å². The number of benzene rings is 1. The van der Waals surface area contributed by atoms with Crippen LogP contribution >= 0.6 is 23.1 Å². The summed E-state index contributed by atoms with van der Waals surface area (Å²) in [6, 6.07) is 8.72. The smallest absolute Gasteiger partial charge is 0.0540 e. The Balaban J connectivity index is 1.98. The average molecular weight is 302 g/mol. The van der Waals surface area contributed by atoms with Crippen LogP contribution in [0.4, 0.5) is 0 Å². The second kappa shape index (κ2) is 7.54. The first-order valence-corrected chi connectivity index (χ1v) is 8.43. The summed E-state index contributed by atoms with van der Waals surface area (Å²) in [5.41, 5.74) is 3.69. The largest absolute Gasteiger partial charge is 0.395 e. The first-order valence-electron chi connectivity index (χ1n) is 6.56. The lowest BCUT2D eigenvalue weighted by Crippen LogP contribution is -1.82. The molecule has 2 aromatic rings. The first kappa shape index (κ1) is 15.2. The van der Waals surface area contributed by atoms with E-state index in [-0.39, 0.29) is 6.61 Å². The van der Waals surface area contributed by atoms with Crippen LogP contribution in [-0.4, -0.2) is 11.7 Å². The standard InChI is InChI=1S/C17H18OS2/c1-13-6-7-14(2)17(9-13)20-12-16-10-15(11-19-16)5-3-4-8-18/h6-7,9-11,18H,4,8,12H2,1-2H3. The molecule has 1 aromatic heterocycles. The summed E-state index contributed by atoms with van der Waals surface area (Å²) >= 11 is 3.63. The first-order chi connectivity index (χ1) is 9.69. The van der Waals surface area contributed by atoms with Crippen LogP contribution in [0.3, 0.4) is 0 Å². The fraction of sp³-hybridized carbons (Fsp3) is 0.294. The van der Waals surface area contributed by atoms with E-state index in [0.29, 0.717) is 6.42 Å². The second-order valence-corrected chi connectivity index (χ2v) is 6.65. The van der Waals surface area contributed by atoms with Crippen molar-refractivity contribution < 1.29 is 5.11 Å². The van der Waals surface area contributed by atoms with Gasteiger partial charge in [0.2, 0.25) is 0 Å². The van der Waals surface area contributed by atoms with Crippen molar-refractivity contribution in [3.05, 3.63) is 51.2 Å². The summed E-state index contributed by atoms with van der Waals surface area (Å²) in [5.74, 6) is 7.01. The Bertz CT molecular complexity index is 632. The van der Waals surface area contributed by atoms with Crippen molar-refractivity contribution in [3.8, 4) is 11.8 Å². The quantitative estimate of drug-likeness (QED) is 0.667. The number of aryl methyl sites for hydroxylation is 2. The maximum absolute atomic E-state index is 8.70. The molecular weight excluding hydrogens is 284 g/mol. The van der Waals surface area contributed by atoms with Crippen molar-refractivity contribution in [2.75, 3.05) is 6.61 Å². The maximum atomic E-state index is 8.70. The summed E-state index contributed by atoms with van der Waals surface area (Å²) in [5, 5.41) is 10.8. The fourth-order valence-corrected chi connectivity index (χ4v) is 3.75. The number of aliphatic hydroxyl groups excluding tert-OH is 1. The summed E-state index contributed by atoms with van der Waals surface area (Å²) in [6.45, 7) is 4.41. The van der Waals surface area contributed by atoms with Crippen LogP contribution in [0.15, 0.2) is 34.5 Å². The minimum atomic E-state index is 0.131. The van der Waals surface area contributed by atoms with E-state index in [1.54, 1.807) is 11.3 Å². The predicted octanol–water partition coefficient (Wildman–Crippen LogP) is 4.39. The third kappa shape index (κ3) is 4.42. The Kier molecular flexibility index (Phi) is 5.72. The van der Waals surface area contributed by atoms with Crippen LogP contribution in [0, 0.1) is 25.7 Å². The van der Waals surface area contributed by atoms with Gasteiger partial charge in [-0.05, 0) is 31.5 Å². The van der Waals surface area contributed by atoms with E-state index < -0.39 is 0 Å². The molecule has 0 aliphatic heterocycles. The monoisotopic (exact) mass is 302 g/mol. The van der Waals surface area contributed by atoms with Crippen molar-refractivity contribution in [2.45, 2.75) is 30.9 Å². The predicted molar refractivity (Wildman–Crippen MR) is 88.4 cm³/mol. The Hall–Kier alpha value is -1.21. The van der Waals surface area contributed by atoms with E-state index >= 15 is 0 Å². The van der Waals surface area contributed by atoms with Gasteiger partial charge in [0, 0.05) is 32.9 Å². The molecule has 0 fully saturated rings. The van der Waals surface area contributed by atoms with Crippen molar-refractivity contribution in [1.82, 2.24) is 0 Å². The van der Waals surface area contributed by atoms with Gasteiger partial charge in [-0.25, -0.2) is 0 Å². The summed E-state index contributed by atoms with van der Waals surface area (Å²) in [4.78, 5) is 2.69. The van der Waals surface area contributed by atoms with Gasteiger partial charge in [-0.1, -0.05) is 29.5 Å². The van der Waals surface area contributed by atoms with Crippen LogP contribution in [0.5, 0.6) is 0 Å². The van der Waals surface area contributed by atoms with Crippen LogP contribution in [0.1, 0.15) is 28.0 Å². The van der Waals surface area contributed by atoms with Crippen LogP contribution < -0.4 is 0 Å². The molecule has 20 heavy (non-hydrogen) atoms. The Labute approximate surface area is 129 Å². The highest BCUT2D eigenvalue weighted by atomic mass is 32.2. The molecule has 0 aliphatic carbocycles. The van der Waals surface area contributed by atoms with E-state index in [1.165, 1.54) is 20.9 Å². The van der Waals surface area contributed by atoms with E-state index in [0.717, 1.165) is 11.3 Å². The highest BCUT2D eigenvalue weighted by Crippen LogP contribution is 2.29. The Morgan fingerprint density at radius 1 is 1.25 bits per heavy atom. The normalized spacial score (nSPS) is 10.2. The minimum absolute atomic E-state index is 0.131. The third-order valence-electron chi connectivity index (χ3n) is 2.84. The molecule has 3 heteroatoms. The van der Waals surface area contributed by atoms with Gasteiger partial charge in [0.1, 0.15) is 0 Å². The number of thiophene rings is 1. The Morgan fingerprint density at radius 3 is 2.90 bits per heavy atom. The van der Waals surface area contributed by atoms with Crippen molar-refractivity contribution in [3.63, 3.8) is 0 Å². The lowest BCUT2D eigenvalue weighted by molar-refractivity contribution is 0.305. The molecule has 0 unspecified atom stereocenters. The highest BCUT2D eigenvalue weighted by Gasteiger charge is 2.03. The number of hydrogen-bond donors (Lipinski definition) is 1. The molecule has 1 nitrogen and oxygen atoms in total. The number of rotatable bonds is 4. The fourth-order valence-electron chi connectivity index (χ4n) is 1.75. The molecule has 0 saturated heterocycles. The Morgan fingerprint density at radius 2 is 2.10 bits per heavy atom.